The Kier molecular flexibility index (Phi) is 4.84. The van der Waals surface area contributed by atoms with E-state index in [1.807, 2.05) is 6.92 Å². The Balaban J connectivity index is 1.69. The van der Waals surface area contributed by atoms with E-state index in [0.29, 0.717) is 29.0 Å². The first-order valence-electron chi connectivity index (χ1n) is 7.81. The van der Waals surface area contributed by atoms with Crippen molar-refractivity contribution in [2.45, 2.75) is 13.5 Å². The van der Waals surface area contributed by atoms with Gasteiger partial charge in [0.25, 0.3) is 11.8 Å². The summed E-state index contributed by atoms with van der Waals surface area (Å²) in [5.41, 5.74) is 2.10. The first kappa shape index (κ1) is 16.4. The van der Waals surface area contributed by atoms with Gasteiger partial charge in [0.05, 0.1) is 17.3 Å². The number of pyridine rings is 1. The zero-order valence-corrected chi connectivity index (χ0v) is 13.6. The van der Waals surface area contributed by atoms with Gasteiger partial charge in [-0.15, -0.1) is 0 Å². The molecule has 1 aromatic carbocycles. The molecule has 0 aliphatic carbocycles. The van der Waals surface area contributed by atoms with Gasteiger partial charge in [0.2, 0.25) is 0 Å². The number of nitrogens with one attached hydrogen (secondary N) is 2. The third kappa shape index (κ3) is 4.08. The van der Waals surface area contributed by atoms with E-state index in [0.717, 1.165) is 0 Å². The van der Waals surface area contributed by atoms with Crippen molar-refractivity contribution in [2.75, 3.05) is 10.6 Å². The van der Waals surface area contributed by atoms with Gasteiger partial charge in [-0.25, -0.2) is 0 Å². The molecular formula is C18H17N5O2. The molecule has 3 rings (SSSR count). The lowest BCUT2D eigenvalue weighted by Crippen LogP contribution is -2.13. The number of amides is 2. The van der Waals surface area contributed by atoms with E-state index >= 15 is 0 Å². The first-order chi connectivity index (χ1) is 12.2. The predicted octanol–water partition coefficient (Wildman–Crippen LogP) is 2.80. The number of anilines is 2. The van der Waals surface area contributed by atoms with Crippen LogP contribution in [0.1, 0.15) is 27.6 Å². The number of nitrogens with zero attached hydrogens (tertiary/aromatic N) is 3. The number of aromatic nitrogens is 3. The van der Waals surface area contributed by atoms with Gasteiger partial charge in [0, 0.05) is 36.5 Å². The average molecular weight is 335 g/mol. The van der Waals surface area contributed by atoms with Crippen LogP contribution in [0.2, 0.25) is 0 Å². The van der Waals surface area contributed by atoms with Crippen molar-refractivity contribution < 1.29 is 9.59 Å². The smallest absolute Gasteiger partial charge is 0.258 e. The summed E-state index contributed by atoms with van der Waals surface area (Å²) in [4.78, 5) is 28.3. The molecule has 0 aliphatic heterocycles. The molecule has 7 nitrogen and oxygen atoms in total. The molecule has 0 saturated heterocycles. The second-order valence-electron chi connectivity index (χ2n) is 5.32. The maximum atomic E-state index is 12.2. The molecule has 0 fully saturated rings. The van der Waals surface area contributed by atoms with Crippen molar-refractivity contribution in [1.29, 1.82) is 0 Å². The van der Waals surface area contributed by atoms with Gasteiger partial charge in [-0.1, -0.05) is 6.07 Å². The summed E-state index contributed by atoms with van der Waals surface area (Å²) in [5.74, 6) is -0.517. The molecule has 2 amide bonds. The highest BCUT2D eigenvalue weighted by Crippen LogP contribution is 2.17. The number of hydrogen-bond donors (Lipinski definition) is 2. The summed E-state index contributed by atoms with van der Waals surface area (Å²) in [7, 11) is 0. The van der Waals surface area contributed by atoms with Crippen LogP contribution < -0.4 is 10.6 Å². The number of benzene rings is 1. The van der Waals surface area contributed by atoms with E-state index < -0.39 is 0 Å². The van der Waals surface area contributed by atoms with E-state index in [1.54, 1.807) is 53.5 Å². The van der Waals surface area contributed by atoms with Crippen LogP contribution >= 0.6 is 0 Å². The standard InChI is InChI=1S/C18H17N5O2/c1-2-23-12-14(11-20-23)18(25)22-16-7-3-6-15(9-16)21-17(24)13-5-4-8-19-10-13/h3-12H,2H2,1H3,(H,21,24)(H,22,25). The van der Waals surface area contributed by atoms with Crippen molar-refractivity contribution >= 4 is 23.2 Å². The summed E-state index contributed by atoms with van der Waals surface area (Å²) in [6.45, 7) is 2.65. The molecule has 0 atom stereocenters. The normalized spacial score (nSPS) is 10.3. The minimum atomic E-state index is -0.263. The van der Waals surface area contributed by atoms with E-state index in [-0.39, 0.29) is 11.8 Å². The van der Waals surface area contributed by atoms with E-state index in [9.17, 15) is 9.59 Å². The Morgan fingerprint density at radius 2 is 1.72 bits per heavy atom. The molecule has 0 spiro atoms. The van der Waals surface area contributed by atoms with Crippen molar-refractivity contribution in [3.8, 4) is 0 Å². The maximum absolute atomic E-state index is 12.2. The number of carbonyl (C=O) groups excluding carboxylic acids is 2. The lowest BCUT2D eigenvalue weighted by Gasteiger charge is -2.08. The summed E-state index contributed by atoms with van der Waals surface area (Å²) in [5, 5.41) is 9.65. The van der Waals surface area contributed by atoms with E-state index in [1.165, 1.54) is 12.4 Å². The molecule has 0 saturated carbocycles. The molecule has 25 heavy (non-hydrogen) atoms. The molecule has 2 N–H and O–H groups in total. The number of aryl methyl sites for hydroxylation is 1. The molecule has 2 aromatic heterocycles. The van der Waals surface area contributed by atoms with Crippen molar-refractivity contribution in [3.05, 3.63) is 72.3 Å². The van der Waals surface area contributed by atoms with Crippen LogP contribution in [0.15, 0.2) is 61.2 Å². The van der Waals surface area contributed by atoms with Crippen LogP contribution in [0.4, 0.5) is 11.4 Å². The number of hydrogen-bond acceptors (Lipinski definition) is 4. The summed E-state index contributed by atoms with van der Waals surface area (Å²) >= 11 is 0. The van der Waals surface area contributed by atoms with Crippen LogP contribution in [-0.2, 0) is 6.54 Å². The van der Waals surface area contributed by atoms with Crippen LogP contribution in [0.5, 0.6) is 0 Å². The van der Waals surface area contributed by atoms with Crippen LogP contribution in [0, 0.1) is 0 Å². The zero-order valence-electron chi connectivity index (χ0n) is 13.6. The van der Waals surface area contributed by atoms with Gasteiger partial charge in [-0.2, -0.15) is 5.10 Å². The zero-order chi connectivity index (χ0) is 17.6. The van der Waals surface area contributed by atoms with E-state index in [4.69, 9.17) is 0 Å². The van der Waals surface area contributed by atoms with Crippen molar-refractivity contribution in [3.63, 3.8) is 0 Å². The van der Waals surface area contributed by atoms with Gasteiger partial charge >= 0.3 is 0 Å². The first-order valence-corrected chi connectivity index (χ1v) is 7.81. The average Bonchev–Trinajstić information content (AvgIpc) is 3.12. The van der Waals surface area contributed by atoms with Crippen molar-refractivity contribution in [2.24, 2.45) is 0 Å². The Hall–Kier alpha value is -3.48. The Morgan fingerprint density at radius 1 is 1.00 bits per heavy atom. The molecule has 0 aliphatic rings. The highest BCUT2D eigenvalue weighted by molar-refractivity contribution is 6.06. The second kappa shape index (κ2) is 7.39. The van der Waals surface area contributed by atoms with Gasteiger partial charge in [-0.3, -0.25) is 19.3 Å². The summed E-state index contributed by atoms with van der Waals surface area (Å²) in [6.07, 6.45) is 6.30. The topological polar surface area (TPSA) is 88.9 Å². The van der Waals surface area contributed by atoms with E-state index in [2.05, 4.69) is 20.7 Å². The molecule has 3 aromatic rings. The molecule has 7 heteroatoms. The Morgan fingerprint density at radius 3 is 2.32 bits per heavy atom. The van der Waals surface area contributed by atoms with Crippen LogP contribution in [-0.4, -0.2) is 26.6 Å². The lowest BCUT2D eigenvalue weighted by molar-refractivity contribution is 0.101. The summed E-state index contributed by atoms with van der Waals surface area (Å²) < 4.78 is 1.68. The third-order valence-corrected chi connectivity index (χ3v) is 3.52. The minimum absolute atomic E-state index is 0.254. The lowest BCUT2D eigenvalue weighted by atomic mass is 10.2. The summed E-state index contributed by atoms with van der Waals surface area (Å²) in [6, 6.07) is 10.3. The molecule has 0 bridgehead atoms. The van der Waals surface area contributed by atoms with Gasteiger partial charge in [-0.05, 0) is 37.3 Å². The monoisotopic (exact) mass is 335 g/mol. The molecule has 0 radical (unpaired) electrons. The highest BCUT2D eigenvalue weighted by Gasteiger charge is 2.10. The van der Waals surface area contributed by atoms with Gasteiger partial charge in [0.15, 0.2) is 0 Å². The third-order valence-electron chi connectivity index (χ3n) is 3.52. The van der Waals surface area contributed by atoms with Crippen LogP contribution in [0.25, 0.3) is 0 Å². The molecular weight excluding hydrogens is 318 g/mol. The number of carbonyl (C=O) groups is 2. The largest absolute Gasteiger partial charge is 0.322 e. The fourth-order valence-electron chi connectivity index (χ4n) is 2.23. The minimum Gasteiger partial charge on any atom is -0.322 e. The maximum Gasteiger partial charge on any atom is 0.258 e. The van der Waals surface area contributed by atoms with Gasteiger partial charge in [0.1, 0.15) is 0 Å². The quantitative estimate of drug-likeness (QED) is 0.750. The Bertz CT molecular complexity index is 889. The van der Waals surface area contributed by atoms with Crippen LogP contribution in [0.3, 0.4) is 0 Å². The second-order valence-corrected chi connectivity index (χ2v) is 5.32. The molecule has 2 heterocycles. The fraction of sp³-hybridized carbons (Fsp3) is 0.111. The van der Waals surface area contributed by atoms with Crippen molar-refractivity contribution in [1.82, 2.24) is 14.8 Å². The highest BCUT2D eigenvalue weighted by atomic mass is 16.2. The molecule has 0 unspecified atom stereocenters. The Labute approximate surface area is 144 Å². The predicted molar refractivity (Wildman–Crippen MR) is 94.5 cm³/mol. The fourth-order valence-corrected chi connectivity index (χ4v) is 2.23. The number of rotatable bonds is 5. The van der Waals surface area contributed by atoms with Gasteiger partial charge < -0.3 is 10.6 Å². The molecule has 126 valence electrons. The SMILES string of the molecule is CCn1cc(C(=O)Nc2cccc(NC(=O)c3cccnc3)c2)cn1.